The molecule has 0 N–H and O–H groups in total. The molecule has 9 heteroatoms. The molecule has 42 heavy (non-hydrogen) atoms. The molecule has 0 amide bonds. The summed E-state index contributed by atoms with van der Waals surface area (Å²) in [6.45, 7) is 20.6. The normalized spacial score (nSPS) is 12.4. The van der Waals surface area contributed by atoms with Crippen LogP contribution in [0.3, 0.4) is 0 Å². The number of hydrogen-bond acceptors (Lipinski definition) is 8. The van der Waals surface area contributed by atoms with E-state index < -0.39 is 0 Å². The van der Waals surface area contributed by atoms with Gasteiger partial charge in [-0.25, -0.2) is 0 Å². The van der Waals surface area contributed by atoms with Gasteiger partial charge in [-0.2, -0.15) is 41.8 Å². The molecule has 0 heterocycles. The van der Waals surface area contributed by atoms with Gasteiger partial charge in [-0.15, -0.1) is 0 Å². The SMILES string of the molecule is CC(C)S/C([S-])=C(/[S-])SC(C)C.Cc1ccc(/C([S-])=C(/[S-])c2cc(OCCC(C)C)ccc2OCCC(C)C)cc1.[Ni]. The zero-order valence-corrected chi connectivity index (χ0v) is 32.1. The third-order valence-corrected chi connectivity index (χ3v) is 9.76. The van der Waals surface area contributed by atoms with Crippen LogP contribution in [-0.2, 0) is 67.0 Å². The Hall–Kier alpha value is -0.406. The number of hydrogen-bond donors (Lipinski definition) is 0. The number of thioether (sulfide) groups is 2. The first-order valence-corrected chi connectivity index (χ1v) is 17.6. The molecule has 0 saturated heterocycles. The predicted molar refractivity (Wildman–Crippen MR) is 196 cm³/mol. The molecule has 2 aromatic rings. The van der Waals surface area contributed by atoms with Crippen molar-refractivity contribution in [2.24, 2.45) is 11.8 Å². The molecule has 2 nitrogen and oxygen atoms in total. The van der Waals surface area contributed by atoms with Crippen LogP contribution in [0, 0.1) is 18.8 Å². The van der Waals surface area contributed by atoms with Crippen molar-refractivity contribution in [2.45, 2.75) is 85.7 Å². The maximum absolute atomic E-state index is 6.07. The first kappa shape index (κ1) is 41.6. The zero-order valence-electron chi connectivity index (χ0n) is 26.3. The second-order valence-corrected chi connectivity index (χ2v) is 16.5. The molecular weight excluding hydrogens is 679 g/mol. The van der Waals surface area contributed by atoms with Crippen molar-refractivity contribution in [3.63, 3.8) is 0 Å². The predicted octanol–water partition coefficient (Wildman–Crippen LogP) is 10.3. The Morgan fingerprint density at radius 2 is 1.14 bits per heavy atom. The van der Waals surface area contributed by atoms with E-state index in [-0.39, 0.29) is 16.5 Å². The summed E-state index contributed by atoms with van der Waals surface area (Å²) in [5.74, 6) is 2.74. The molecule has 0 fully saturated rings. The summed E-state index contributed by atoms with van der Waals surface area (Å²) in [6.07, 6.45) is 2.00. The van der Waals surface area contributed by atoms with Crippen LogP contribution in [0.4, 0.5) is 0 Å². The van der Waals surface area contributed by atoms with Crippen LogP contribution in [0.1, 0.15) is 84.9 Å². The monoisotopic (exact) mass is 724 g/mol. The van der Waals surface area contributed by atoms with Gasteiger partial charge in [0.25, 0.3) is 0 Å². The Bertz CT molecular complexity index is 1090. The third-order valence-electron chi connectivity index (χ3n) is 5.48. The molecule has 2 rings (SSSR count). The second-order valence-electron chi connectivity index (χ2n) is 11.2. The Morgan fingerprint density at radius 1 is 0.667 bits per heavy atom. The van der Waals surface area contributed by atoms with Crippen LogP contribution in [0.5, 0.6) is 11.5 Å². The molecule has 0 aromatic heterocycles. The summed E-state index contributed by atoms with van der Waals surface area (Å²) < 4.78 is 13.8. The van der Waals surface area contributed by atoms with Crippen molar-refractivity contribution in [2.75, 3.05) is 13.2 Å². The van der Waals surface area contributed by atoms with Crippen molar-refractivity contribution < 1.29 is 26.0 Å². The van der Waals surface area contributed by atoms with Gasteiger partial charge in [-0.05, 0) is 60.9 Å². The molecule has 0 aliphatic carbocycles. The topological polar surface area (TPSA) is 18.5 Å². The van der Waals surface area contributed by atoms with Gasteiger partial charge in [0.1, 0.15) is 11.5 Å². The minimum absolute atomic E-state index is 0. The molecule has 0 aliphatic rings. The fraction of sp³-hybridized carbons (Fsp3) is 0.515. The zero-order chi connectivity index (χ0) is 31.1. The molecule has 0 saturated carbocycles. The number of rotatable bonds is 14. The van der Waals surface area contributed by atoms with Crippen LogP contribution in [0.25, 0.3) is 9.81 Å². The summed E-state index contributed by atoms with van der Waals surface area (Å²) >= 11 is 25.2. The van der Waals surface area contributed by atoms with E-state index in [1.54, 1.807) is 23.5 Å². The van der Waals surface area contributed by atoms with Gasteiger partial charge < -0.3 is 60.0 Å². The summed E-state index contributed by atoms with van der Waals surface area (Å²) in [5, 5.41) is 1.06. The standard InChI is InChI=1S/C25H34O2S2.C8H16S4.Ni/c1-17(2)12-14-26-21-10-11-23(27-15-13-18(3)4)22(16-21)25(29)24(28)20-8-6-19(5)7-9-20;1-5(2)11-7(9)8(10)12-6(3)4;/h6-11,16-18,28-29H,12-15H2,1-5H3;5-6,9-10H,1-4H3;/p-4/b25-24-;8-7-;. The summed E-state index contributed by atoms with van der Waals surface area (Å²) in [7, 11) is 0. The molecule has 0 spiro atoms. The smallest absolute Gasteiger partial charge is 0.125 e. The summed E-state index contributed by atoms with van der Waals surface area (Å²) in [6, 6.07) is 14.0. The van der Waals surface area contributed by atoms with E-state index in [0.29, 0.717) is 45.4 Å². The molecule has 0 atom stereocenters. The van der Waals surface area contributed by atoms with E-state index >= 15 is 0 Å². The second kappa shape index (κ2) is 22.2. The van der Waals surface area contributed by atoms with Gasteiger partial charge in [-0.3, -0.25) is 0 Å². The van der Waals surface area contributed by atoms with Crippen molar-refractivity contribution in [3.8, 4) is 11.5 Å². The summed E-state index contributed by atoms with van der Waals surface area (Å²) in [5.41, 5.74) is 2.98. The van der Waals surface area contributed by atoms with Gasteiger partial charge in [0.15, 0.2) is 0 Å². The number of benzene rings is 2. The van der Waals surface area contributed by atoms with Crippen molar-refractivity contribution in [1.29, 1.82) is 0 Å². The average Bonchev–Trinajstić information content (AvgIpc) is 2.88. The van der Waals surface area contributed by atoms with Crippen LogP contribution in [0.15, 0.2) is 50.9 Å². The molecule has 240 valence electrons. The molecule has 0 unspecified atom stereocenters. The fourth-order valence-electron chi connectivity index (χ4n) is 3.20. The van der Waals surface area contributed by atoms with Crippen LogP contribution in [0.2, 0.25) is 0 Å². The quantitative estimate of drug-likeness (QED) is 0.108. The first-order chi connectivity index (χ1) is 19.2. The van der Waals surface area contributed by atoms with E-state index in [1.807, 2.05) is 30.3 Å². The Morgan fingerprint density at radius 3 is 1.60 bits per heavy atom. The van der Waals surface area contributed by atoms with Gasteiger partial charge in [0.05, 0.1) is 13.2 Å². The molecule has 0 aliphatic heterocycles. The third kappa shape index (κ3) is 17.2. The van der Waals surface area contributed by atoms with E-state index in [9.17, 15) is 0 Å². The van der Waals surface area contributed by atoms with Crippen molar-refractivity contribution in [3.05, 3.63) is 67.6 Å². The Balaban J connectivity index is 0.00000110. The minimum Gasteiger partial charge on any atom is -0.780 e. The van der Waals surface area contributed by atoms with E-state index in [4.69, 9.17) is 60.0 Å². The first-order valence-electron chi connectivity index (χ1n) is 14.2. The van der Waals surface area contributed by atoms with E-state index in [1.165, 1.54) is 5.56 Å². The molecular formula is C33H46NiO2S6-4. The van der Waals surface area contributed by atoms with Crippen LogP contribution >= 0.6 is 23.5 Å². The van der Waals surface area contributed by atoms with E-state index in [2.05, 4.69) is 74.4 Å². The maximum atomic E-state index is 6.07. The van der Waals surface area contributed by atoms with Crippen LogP contribution in [-0.4, -0.2) is 23.7 Å². The molecule has 0 bridgehead atoms. The fourth-order valence-corrected chi connectivity index (χ4v) is 6.51. The number of aryl methyl sites for hydroxylation is 1. The summed E-state index contributed by atoms with van der Waals surface area (Å²) in [4.78, 5) is 1.28. The Labute approximate surface area is 297 Å². The van der Waals surface area contributed by atoms with Crippen molar-refractivity contribution >= 4 is 83.8 Å². The average molecular weight is 726 g/mol. The molecule has 2 aromatic carbocycles. The van der Waals surface area contributed by atoms with Gasteiger partial charge >= 0.3 is 0 Å². The molecule has 0 radical (unpaired) electrons. The van der Waals surface area contributed by atoms with Gasteiger partial charge in [-0.1, -0.05) is 85.2 Å². The Kier molecular flexibility index (Phi) is 21.9. The van der Waals surface area contributed by atoms with Gasteiger partial charge in [0, 0.05) is 27.0 Å². The van der Waals surface area contributed by atoms with E-state index in [0.717, 1.165) is 43.9 Å². The maximum Gasteiger partial charge on any atom is 0.125 e. The van der Waals surface area contributed by atoms with Crippen molar-refractivity contribution in [1.82, 2.24) is 0 Å². The number of ether oxygens (including phenoxy) is 2. The minimum atomic E-state index is 0. The van der Waals surface area contributed by atoms with Gasteiger partial charge in [0.2, 0.25) is 0 Å². The largest absolute Gasteiger partial charge is 0.780 e. The van der Waals surface area contributed by atoms with Crippen LogP contribution < -0.4 is 9.47 Å².